The van der Waals surface area contributed by atoms with Gasteiger partial charge in [0.25, 0.3) is 0 Å². The van der Waals surface area contributed by atoms with Crippen LogP contribution in [0, 0.1) is 0 Å². The Morgan fingerprint density at radius 3 is 2.74 bits per heavy atom. The van der Waals surface area contributed by atoms with E-state index in [4.69, 9.17) is 4.52 Å². The van der Waals surface area contributed by atoms with Crippen LogP contribution in [-0.2, 0) is 12.0 Å². The van der Waals surface area contributed by atoms with E-state index in [0.29, 0.717) is 6.04 Å². The molecular formula is C14H26N4O. The Morgan fingerprint density at radius 2 is 2.21 bits per heavy atom. The molecule has 108 valence electrons. The van der Waals surface area contributed by atoms with Crippen LogP contribution in [0.3, 0.4) is 0 Å². The zero-order valence-electron chi connectivity index (χ0n) is 12.6. The van der Waals surface area contributed by atoms with E-state index in [0.717, 1.165) is 44.3 Å². The number of aromatic nitrogens is 2. The second kappa shape index (κ2) is 6.01. The Balaban J connectivity index is 2.02. The van der Waals surface area contributed by atoms with Crippen LogP contribution in [0.1, 0.15) is 52.3 Å². The average molecular weight is 266 g/mol. The molecule has 0 spiro atoms. The van der Waals surface area contributed by atoms with Crippen LogP contribution in [0.25, 0.3) is 0 Å². The number of hydrogen-bond donors (Lipinski definition) is 1. The Hall–Kier alpha value is -0.940. The van der Waals surface area contributed by atoms with Crippen molar-refractivity contribution >= 4 is 0 Å². The van der Waals surface area contributed by atoms with E-state index in [1.807, 2.05) is 0 Å². The highest BCUT2D eigenvalue weighted by Crippen LogP contribution is 2.20. The minimum Gasteiger partial charge on any atom is -0.338 e. The van der Waals surface area contributed by atoms with Gasteiger partial charge in [0.15, 0.2) is 5.82 Å². The van der Waals surface area contributed by atoms with Crippen molar-refractivity contribution < 1.29 is 4.52 Å². The minimum atomic E-state index is -0.0494. The summed E-state index contributed by atoms with van der Waals surface area (Å²) >= 11 is 0. The second-order valence-corrected chi connectivity index (χ2v) is 6.38. The maximum atomic E-state index is 5.40. The summed E-state index contributed by atoms with van der Waals surface area (Å²) in [7, 11) is 0. The third-order valence-electron chi connectivity index (χ3n) is 3.54. The average Bonchev–Trinajstić information content (AvgIpc) is 2.98. The Morgan fingerprint density at radius 1 is 1.42 bits per heavy atom. The normalized spacial score (nSPS) is 20.4. The molecule has 0 radical (unpaired) electrons. The van der Waals surface area contributed by atoms with E-state index >= 15 is 0 Å². The number of nitrogens with zero attached hydrogens (tertiary/aromatic N) is 3. The summed E-state index contributed by atoms with van der Waals surface area (Å²) in [6.45, 7) is 12.6. The minimum absolute atomic E-state index is 0.0494. The molecule has 1 aliphatic heterocycles. The van der Waals surface area contributed by atoms with Gasteiger partial charge in [0.2, 0.25) is 5.89 Å². The molecule has 0 bridgehead atoms. The largest absolute Gasteiger partial charge is 0.338 e. The van der Waals surface area contributed by atoms with E-state index in [1.165, 1.54) is 6.42 Å². The standard InChI is InChI=1S/C14H26N4O/c1-5-8-18(11-6-7-15-9-11)10-12-16-13(17-19-12)14(2,3)4/h11,15H,5-10H2,1-4H3. The molecule has 0 aromatic carbocycles. The molecule has 1 saturated heterocycles. The van der Waals surface area contributed by atoms with Crippen molar-refractivity contribution in [2.75, 3.05) is 19.6 Å². The number of hydrogen-bond acceptors (Lipinski definition) is 5. The second-order valence-electron chi connectivity index (χ2n) is 6.38. The summed E-state index contributed by atoms with van der Waals surface area (Å²) in [6.07, 6.45) is 2.36. The molecule has 1 aromatic heterocycles. The van der Waals surface area contributed by atoms with Gasteiger partial charge in [-0.2, -0.15) is 4.98 Å². The monoisotopic (exact) mass is 266 g/mol. The first-order valence-electron chi connectivity index (χ1n) is 7.28. The van der Waals surface area contributed by atoms with Crippen molar-refractivity contribution in [1.82, 2.24) is 20.4 Å². The summed E-state index contributed by atoms with van der Waals surface area (Å²) < 4.78 is 5.40. The molecule has 1 N–H and O–H groups in total. The molecule has 1 atom stereocenters. The van der Waals surface area contributed by atoms with E-state index in [1.54, 1.807) is 0 Å². The van der Waals surface area contributed by atoms with E-state index < -0.39 is 0 Å². The zero-order valence-corrected chi connectivity index (χ0v) is 12.6. The molecule has 2 heterocycles. The van der Waals surface area contributed by atoms with Crippen molar-refractivity contribution in [1.29, 1.82) is 0 Å². The van der Waals surface area contributed by atoms with E-state index in [2.05, 4.69) is 48.1 Å². The predicted octanol–water partition coefficient (Wildman–Crippen LogP) is 1.94. The maximum Gasteiger partial charge on any atom is 0.240 e. The quantitative estimate of drug-likeness (QED) is 0.882. The van der Waals surface area contributed by atoms with Crippen molar-refractivity contribution in [3.8, 4) is 0 Å². The molecule has 1 aliphatic rings. The molecule has 0 aliphatic carbocycles. The fourth-order valence-electron chi connectivity index (χ4n) is 2.43. The lowest BCUT2D eigenvalue weighted by atomic mass is 9.96. The lowest BCUT2D eigenvalue weighted by Crippen LogP contribution is -2.37. The van der Waals surface area contributed by atoms with Gasteiger partial charge in [0.05, 0.1) is 6.54 Å². The van der Waals surface area contributed by atoms with Gasteiger partial charge in [0.1, 0.15) is 0 Å². The highest BCUT2D eigenvalue weighted by atomic mass is 16.5. The van der Waals surface area contributed by atoms with Crippen LogP contribution in [-0.4, -0.2) is 40.7 Å². The first kappa shape index (κ1) is 14.5. The van der Waals surface area contributed by atoms with Gasteiger partial charge in [-0.3, -0.25) is 4.90 Å². The molecule has 5 nitrogen and oxygen atoms in total. The molecule has 1 aromatic rings. The lowest BCUT2D eigenvalue weighted by Gasteiger charge is -2.26. The third-order valence-corrected chi connectivity index (χ3v) is 3.54. The fourth-order valence-corrected chi connectivity index (χ4v) is 2.43. The van der Waals surface area contributed by atoms with E-state index in [9.17, 15) is 0 Å². The number of rotatable bonds is 5. The highest BCUT2D eigenvalue weighted by molar-refractivity contribution is 5.00. The maximum absolute atomic E-state index is 5.40. The molecule has 1 fully saturated rings. The van der Waals surface area contributed by atoms with Crippen LogP contribution in [0.15, 0.2) is 4.52 Å². The van der Waals surface area contributed by atoms with E-state index in [-0.39, 0.29) is 5.41 Å². The van der Waals surface area contributed by atoms with Gasteiger partial charge >= 0.3 is 0 Å². The molecular weight excluding hydrogens is 240 g/mol. The molecule has 19 heavy (non-hydrogen) atoms. The predicted molar refractivity (Wildman–Crippen MR) is 75.0 cm³/mol. The lowest BCUT2D eigenvalue weighted by molar-refractivity contribution is 0.174. The van der Waals surface area contributed by atoms with Crippen molar-refractivity contribution in [2.45, 2.75) is 58.5 Å². The highest BCUT2D eigenvalue weighted by Gasteiger charge is 2.25. The van der Waals surface area contributed by atoms with Gasteiger partial charge in [-0.15, -0.1) is 0 Å². The Bertz CT molecular complexity index is 390. The smallest absolute Gasteiger partial charge is 0.240 e. The number of nitrogens with one attached hydrogen (secondary N) is 1. The summed E-state index contributed by atoms with van der Waals surface area (Å²) in [6, 6.07) is 0.602. The summed E-state index contributed by atoms with van der Waals surface area (Å²) in [5, 5.41) is 7.52. The van der Waals surface area contributed by atoms with Gasteiger partial charge < -0.3 is 9.84 Å². The van der Waals surface area contributed by atoms with Crippen LogP contribution in [0.4, 0.5) is 0 Å². The Labute approximate surface area is 115 Å². The van der Waals surface area contributed by atoms with Gasteiger partial charge in [-0.05, 0) is 25.9 Å². The van der Waals surface area contributed by atoms with Crippen molar-refractivity contribution in [2.24, 2.45) is 0 Å². The molecule has 0 saturated carbocycles. The Kier molecular flexibility index (Phi) is 4.58. The SMILES string of the molecule is CCCN(Cc1nc(C(C)(C)C)no1)C1CCNC1. The molecule has 0 amide bonds. The molecule has 5 heteroatoms. The zero-order chi connectivity index (χ0) is 13.9. The summed E-state index contributed by atoms with van der Waals surface area (Å²) in [5.41, 5.74) is -0.0494. The van der Waals surface area contributed by atoms with Crippen LogP contribution in [0.5, 0.6) is 0 Å². The first-order valence-corrected chi connectivity index (χ1v) is 7.28. The first-order chi connectivity index (χ1) is 9.00. The van der Waals surface area contributed by atoms with Crippen molar-refractivity contribution in [3.63, 3.8) is 0 Å². The van der Waals surface area contributed by atoms with Crippen LogP contribution in [0.2, 0.25) is 0 Å². The molecule has 2 rings (SSSR count). The van der Waals surface area contributed by atoms with Gasteiger partial charge in [-0.25, -0.2) is 0 Å². The topological polar surface area (TPSA) is 54.2 Å². The summed E-state index contributed by atoms with van der Waals surface area (Å²) in [5.74, 6) is 1.54. The summed E-state index contributed by atoms with van der Waals surface area (Å²) in [4.78, 5) is 6.99. The molecule has 1 unspecified atom stereocenters. The van der Waals surface area contributed by atoms with Gasteiger partial charge in [0, 0.05) is 18.0 Å². The van der Waals surface area contributed by atoms with Gasteiger partial charge in [-0.1, -0.05) is 32.9 Å². The van der Waals surface area contributed by atoms with Crippen molar-refractivity contribution in [3.05, 3.63) is 11.7 Å². The third kappa shape index (κ3) is 3.76. The fraction of sp³-hybridized carbons (Fsp3) is 0.857. The van der Waals surface area contributed by atoms with Crippen LogP contribution < -0.4 is 5.32 Å². The van der Waals surface area contributed by atoms with Crippen LogP contribution >= 0.6 is 0 Å².